The summed E-state index contributed by atoms with van der Waals surface area (Å²) in [5.41, 5.74) is 5.68. The van der Waals surface area contributed by atoms with Crippen LogP contribution in [0.15, 0.2) is 18.3 Å². The van der Waals surface area contributed by atoms with Crippen LogP contribution in [-0.2, 0) is 0 Å². The van der Waals surface area contributed by atoms with E-state index in [1.807, 2.05) is 12.1 Å². The molecule has 0 aliphatic heterocycles. The fraction of sp³-hybridized carbons (Fsp3) is 0.545. The highest BCUT2D eigenvalue weighted by molar-refractivity contribution is 6.32. The molecule has 0 radical (unpaired) electrons. The number of halogens is 1. The topological polar surface area (TPSA) is 50.9 Å². The Balaban J connectivity index is 2.54. The molecule has 3 N–H and O–H groups in total. The molecule has 0 saturated carbocycles. The van der Waals surface area contributed by atoms with Crippen molar-refractivity contribution >= 4 is 17.4 Å². The number of anilines is 1. The first kappa shape index (κ1) is 12.3. The lowest BCUT2D eigenvalue weighted by Gasteiger charge is -2.17. The van der Waals surface area contributed by atoms with Crippen LogP contribution in [0.4, 0.5) is 5.82 Å². The largest absolute Gasteiger partial charge is 0.365 e. The van der Waals surface area contributed by atoms with Crippen molar-refractivity contribution in [3.05, 3.63) is 23.4 Å². The Hall–Kier alpha value is -0.800. The van der Waals surface area contributed by atoms with Crippen molar-refractivity contribution in [3.63, 3.8) is 0 Å². The van der Waals surface area contributed by atoms with E-state index >= 15 is 0 Å². The zero-order valence-electron chi connectivity index (χ0n) is 9.04. The van der Waals surface area contributed by atoms with Crippen LogP contribution in [0.2, 0.25) is 5.02 Å². The van der Waals surface area contributed by atoms with Gasteiger partial charge >= 0.3 is 0 Å². The summed E-state index contributed by atoms with van der Waals surface area (Å²) in [7, 11) is 0. The Kier molecular flexibility index (Phi) is 5.43. The minimum Gasteiger partial charge on any atom is -0.365 e. The lowest BCUT2D eigenvalue weighted by molar-refractivity contribution is 0.612. The average molecular weight is 228 g/mol. The van der Waals surface area contributed by atoms with Gasteiger partial charge in [-0.05, 0) is 18.6 Å². The van der Waals surface area contributed by atoms with Crippen molar-refractivity contribution in [1.82, 2.24) is 4.98 Å². The van der Waals surface area contributed by atoms with E-state index < -0.39 is 0 Å². The van der Waals surface area contributed by atoms with Crippen LogP contribution in [0, 0.1) is 0 Å². The summed E-state index contributed by atoms with van der Waals surface area (Å²) in [6.45, 7) is 2.77. The second-order valence-corrected chi connectivity index (χ2v) is 3.96. The summed E-state index contributed by atoms with van der Waals surface area (Å²) in [4.78, 5) is 4.18. The van der Waals surface area contributed by atoms with Gasteiger partial charge in [-0.2, -0.15) is 0 Å². The van der Waals surface area contributed by atoms with Crippen molar-refractivity contribution in [2.24, 2.45) is 5.73 Å². The summed E-state index contributed by atoms with van der Waals surface area (Å²) in [6, 6.07) is 3.90. The number of nitrogens with two attached hydrogens (primary N) is 1. The molecule has 1 atom stereocenters. The standard InChI is InChI=1S/C11H18ClN3/c1-2-3-5-9(8-13)15-11-10(12)6-4-7-14-11/h4,6-7,9H,2-3,5,8,13H2,1H3,(H,14,15). The van der Waals surface area contributed by atoms with Crippen LogP contribution in [0.5, 0.6) is 0 Å². The van der Waals surface area contributed by atoms with Gasteiger partial charge in [-0.3, -0.25) is 0 Å². The maximum Gasteiger partial charge on any atom is 0.145 e. The quantitative estimate of drug-likeness (QED) is 0.786. The minimum atomic E-state index is 0.261. The van der Waals surface area contributed by atoms with Crippen LogP contribution in [0.1, 0.15) is 26.2 Å². The predicted molar refractivity (Wildman–Crippen MR) is 65.2 cm³/mol. The van der Waals surface area contributed by atoms with Gasteiger partial charge in [0.25, 0.3) is 0 Å². The second-order valence-electron chi connectivity index (χ2n) is 3.55. The number of hydrogen-bond acceptors (Lipinski definition) is 3. The molecule has 0 aromatic carbocycles. The van der Waals surface area contributed by atoms with E-state index in [9.17, 15) is 0 Å². The van der Waals surface area contributed by atoms with Gasteiger partial charge in [0.2, 0.25) is 0 Å². The number of aromatic nitrogens is 1. The molecule has 4 heteroatoms. The Morgan fingerprint density at radius 2 is 2.40 bits per heavy atom. The second kappa shape index (κ2) is 6.64. The normalized spacial score (nSPS) is 12.5. The lowest BCUT2D eigenvalue weighted by atomic mass is 10.1. The predicted octanol–water partition coefficient (Wildman–Crippen LogP) is 2.66. The van der Waals surface area contributed by atoms with E-state index in [4.69, 9.17) is 17.3 Å². The monoisotopic (exact) mass is 227 g/mol. The van der Waals surface area contributed by atoms with E-state index in [2.05, 4.69) is 17.2 Å². The molecule has 0 spiro atoms. The van der Waals surface area contributed by atoms with Crippen LogP contribution < -0.4 is 11.1 Å². The Bertz CT molecular complexity index is 291. The highest BCUT2D eigenvalue weighted by Crippen LogP contribution is 2.19. The molecule has 1 aromatic rings. The number of nitrogens with zero attached hydrogens (tertiary/aromatic N) is 1. The van der Waals surface area contributed by atoms with E-state index in [0.29, 0.717) is 11.6 Å². The summed E-state index contributed by atoms with van der Waals surface area (Å²) >= 11 is 5.99. The molecule has 0 amide bonds. The lowest BCUT2D eigenvalue weighted by Crippen LogP contribution is -2.29. The maximum atomic E-state index is 5.99. The highest BCUT2D eigenvalue weighted by atomic mass is 35.5. The SMILES string of the molecule is CCCCC(CN)Nc1ncccc1Cl. The molecule has 3 nitrogen and oxygen atoms in total. The van der Waals surface area contributed by atoms with E-state index in [-0.39, 0.29) is 6.04 Å². The summed E-state index contributed by atoms with van der Waals surface area (Å²) in [6.07, 6.45) is 5.12. The van der Waals surface area contributed by atoms with Crippen molar-refractivity contribution in [1.29, 1.82) is 0 Å². The molecule has 0 saturated heterocycles. The van der Waals surface area contributed by atoms with E-state index in [0.717, 1.165) is 12.2 Å². The Morgan fingerprint density at radius 1 is 1.60 bits per heavy atom. The van der Waals surface area contributed by atoms with Crippen molar-refractivity contribution in [2.45, 2.75) is 32.2 Å². The maximum absolute atomic E-state index is 5.99. The third kappa shape index (κ3) is 4.06. The molecule has 1 heterocycles. The van der Waals surface area contributed by atoms with Gasteiger partial charge in [-0.25, -0.2) is 4.98 Å². The van der Waals surface area contributed by atoms with Gasteiger partial charge in [0.1, 0.15) is 5.82 Å². The van der Waals surface area contributed by atoms with Crippen LogP contribution in [0.3, 0.4) is 0 Å². The summed E-state index contributed by atoms with van der Waals surface area (Å²) in [5.74, 6) is 0.728. The van der Waals surface area contributed by atoms with E-state index in [1.54, 1.807) is 6.20 Å². The van der Waals surface area contributed by atoms with Crippen LogP contribution in [-0.4, -0.2) is 17.6 Å². The number of nitrogens with one attached hydrogen (secondary N) is 1. The Labute approximate surface area is 96.0 Å². The molecule has 0 aliphatic rings. The highest BCUT2D eigenvalue weighted by Gasteiger charge is 2.08. The fourth-order valence-electron chi connectivity index (χ4n) is 1.38. The molecule has 0 aliphatic carbocycles. The summed E-state index contributed by atoms with van der Waals surface area (Å²) in [5, 5.41) is 3.91. The molecule has 1 unspecified atom stereocenters. The molecular formula is C11H18ClN3. The number of pyridine rings is 1. The third-order valence-electron chi connectivity index (χ3n) is 2.29. The molecule has 0 fully saturated rings. The van der Waals surface area contributed by atoms with Crippen molar-refractivity contribution in [2.75, 3.05) is 11.9 Å². The molecule has 1 rings (SSSR count). The minimum absolute atomic E-state index is 0.261. The van der Waals surface area contributed by atoms with E-state index in [1.165, 1.54) is 12.8 Å². The number of rotatable bonds is 6. The van der Waals surface area contributed by atoms with Gasteiger partial charge in [0.05, 0.1) is 5.02 Å². The zero-order chi connectivity index (χ0) is 11.1. The summed E-state index contributed by atoms with van der Waals surface area (Å²) < 4.78 is 0. The molecule has 84 valence electrons. The smallest absolute Gasteiger partial charge is 0.145 e. The Morgan fingerprint density at radius 3 is 3.00 bits per heavy atom. The fourth-order valence-corrected chi connectivity index (χ4v) is 1.56. The molecule has 0 bridgehead atoms. The van der Waals surface area contributed by atoms with Gasteiger partial charge in [0, 0.05) is 18.8 Å². The third-order valence-corrected chi connectivity index (χ3v) is 2.59. The van der Waals surface area contributed by atoms with Gasteiger partial charge in [-0.1, -0.05) is 31.4 Å². The molecule has 1 aromatic heterocycles. The number of hydrogen-bond donors (Lipinski definition) is 2. The first-order chi connectivity index (χ1) is 7.27. The molecular weight excluding hydrogens is 210 g/mol. The average Bonchev–Trinajstić information content (AvgIpc) is 2.26. The van der Waals surface area contributed by atoms with Crippen LogP contribution >= 0.6 is 11.6 Å². The van der Waals surface area contributed by atoms with Crippen molar-refractivity contribution < 1.29 is 0 Å². The zero-order valence-corrected chi connectivity index (χ0v) is 9.80. The first-order valence-corrected chi connectivity index (χ1v) is 5.72. The van der Waals surface area contributed by atoms with Crippen molar-refractivity contribution in [3.8, 4) is 0 Å². The van der Waals surface area contributed by atoms with Crippen LogP contribution in [0.25, 0.3) is 0 Å². The van der Waals surface area contributed by atoms with Gasteiger partial charge in [0.15, 0.2) is 0 Å². The molecule has 15 heavy (non-hydrogen) atoms. The number of unbranched alkanes of at least 4 members (excludes halogenated alkanes) is 1. The first-order valence-electron chi connectivity index (χ1n) is 5.35. The van der Waals surface area contributed by atoms with Gasteiger partial charge in [-0.15, -0.1) is 0 Å². The van der Waals surface area contributed by atoms with Gasteiger partial charge < -0.3 is 11.1 Å².